The molecular weight excluding hydrogens is 164 g/mol. The fourth-order valence-electron chi connectivity index (χ4n) is 1.95. The first-order valence-electron chi connectivity index (χ1n) is 5.17. The Hall–Kier alpha value is -0.570. The van der Waals surface area contributed by atoms with Crippen molar-refractivity contribution in [3.8, 4) is 0 Å². The monoisotopic (exact) mass is 184 g/mol. The van der Waals surface area contributed by atoms with Gasteiger partial charge in [0.2, 0.25) is 5.91 Å². The zero-order valence-corrected chi connectivity index (χ0v) is 8.62. The highest BCUT2D eigenvalue weighted by atomic mass is 16.2. The molecule has 0 aromatic rings. The first kappa shape index (κ1) is 10.5. The molecule has 0 aromatic carbocycles. The van der Waals surface area contributed by atoms with Gasteiger partial charge in [0.1, 0.15) is 0 Å². The zero-order valence-electron chi connectivity index (χ0n) is 8.62. The molecule has 1 fully saturated rings. The number of hydrogen-bond acceptors (Lipinski definition) is 2. The summed E-state index contributed by atoms with van der Waals surface area (Å²) >= 11 is 0. The van der Waals surface area contributed by atoms with E-state index in [4.69, 9.17) is 5.73 Å². The number of nitrogens with zero attached hydrogens (tertiary/aromatic N) is 1. The van der Waals surface area contributed by atoms with E-state index in [0.29, 0.717) is 12.6 Å². The van der Waals surface area contributed by atoms with Crippen LogP contribution in [0.4, 0.5) is 0 Å². The van der Waals surface area contributed by atoms with Crippen molar-refractivity contribution < 1.29 is 4.79 Å². The van der Waals surface area contributed by atoms with Gasteiger partial charge in [0.15, 0.2) is 0 Å². The van der Waals surface area contributed by atoms with E-state index in [1.807, 2.05) is 18.7 Å². The molecular formula is C10H20N2O. The van der Waals surface area contributed by atoms with Gasteiger partial charge in [0.05, 0.1) is 0 Å². The molecule has 3 heteroatoms. The highest BCUT2D eigenvalue weighted by Gasteiger charge is 2.28. The molecule has 1 unspecified atom stereocenters. The lowest BCUT2D eigenvalue weighted by Gasteiger charge is -2.26. The van der Waals surface area contributed by atoms with E-state index in [-0.39, 0.29) is 11.8 Å². The topological polar surface area (TPSA) is 46.3 Å². The summed E-state index contributed by atoms with van der Waals surface area (Å²) in [4.78, 5) is 13.7. The molecule has 0 saturated carbocycles. The maximum absolute atomic E-state index is 11.7. The molecule has 3 nitrogen and oxygen atoms in total. The minimum absolute atomic E-state index is 0.123. The van der Waals surface area contributed by atoms with Gasteiger partial charge in [-0.05, 0) is 25.8 Å². The summed E-state index contributed by atoms with van der Waals surface area (Å²) in [5.74, 6) is 0.411. The van der Waals surface area contributed by atoms with Gasteiger partial charge < -0.3 is 10.6 Å². The van der Waals surface area contributed by atoms with Crippen LogP contribution in [0.1, 0.15) is 33.1 Å². The molecule has 0 aromatic heterocycles. The first-order chi connectivity index (χ1) is 6.16. The average Bonchev–Trinajstić information content (AvgIpc) is 2.52. The Morgan fingerprint density at radius 3 is 2.85 bits per heavy atom. The third-order valence-corrected chi connectivity index (χ3v) is 2.65. The van der Waals surface area contributed by atoms with Gasteiger partial charge in [-0.2, -0.15) is 0 Å². The predicted molar refractivity (Wildman–Crippen MR) is 53.2 cm³/mol. The van der Waals surface area contributed by atoms with Crippen LogP contribution in [-0.4, -0.2) is 29.9 Å². The Morgan fingerprint density at radius 1 is 1.62 bits per heavy atom. The fourth-order valence-corrected chi connectivity index (χ4v) is 1.95. The number of rotatable bonds is 3. The largest absolute Gasteiger partial charge is 0.339 e. The highest BCUT2D eigenvalue weighted by molar-refractivity contribution is 5.78. The number of amides is 1. The van der Waals surface area contributed by atoms with E-state index >= 15 is 0 Å². The van der Waals surface area contributed by atoms with Crippen LogP contribution in [0, 0.1) is 5.92 Å². The number of nitrogens with two attached hydrogens (primary N) is 1. The van der Waals surface area contributed by atoms with Crippen LogP contribution < -0.4 is 5.73 Å². The second-order valence-corrected chi connectivity index (χ2v) is 4.06. The van der Waals surface area contributed by atoms with Gasteiger partial charge in [-0.25, -0.2) is 0 Å². The van der Waals surface area contributed by atoms with Gasteiger partial charge in [-0.1, -0.05) is 13.8 Å². The molecule has 76 valence electrons. The minimum atomic E-state index is 0.123. The summed E-state index contributed by atoms with van der Waals surface area (Å²) < 4.78 is 0. The van der Waals surface area contributed by atoms with Gasteiger partial charge in [0.25, 0.3) is 0 Å². The summed E-state index contributed by atoms with van der Waals surface area (Å²) in [6.07, 6.45) is 3.23. The van der Waals surface area contributed by atoms with Crippen LogP contribution in [-0.2, 0) is 4.79 Å². The molecule has 0 spiro atoms. The predicted octanol–water partition coefficient (Wildman–Crippen LogP) is 0.982. The van der Waals surface area contributed by atoms with E-state index in [1.54, 1.807) is 0 Å². The van der Waals surface area contributed by atoms with Crippen LogP contribution in [0.3, 0.4) is 0 Å². The lowest BCUT2D eigenvalue weighted by atomic mass is 10.1. The standard InChI is InChI=1S/C10H20N2O/c1-8(2)10(13)12-7-3-4-9(12)5-6-11/h8-9H,3-7,11H2,1-2H3. The Bertz CT molecular complexity index is 180. The maximum Gasteiger partial charge on any atom is 0.225 e. The van der Waals surface area contributed by atoms with Crippen LogP contribution >= 0.6 is 0 Å². The Balaban J connectivity index is 2.52. The second kappa shape index (κ2) is 4.61. The molecule has 1 amide bonds. The molecule has 0 radical (unpaired) electrons. The van der Waals surface area contributed by atoms with Crippen molar-refractivity contribution in [3.63, 3.8) is 0 Å². The Labute approximate surface area is 80.3 Å². The van der Waals surface area contributed by atoms with Crippen molar-refractivity contribution in [2.45, 2.75) is 39.2 Å². The summed E-state index contributed by atoms with van der Waals surface area (Å²) in [5.41, 5.74) is 5.51. The van der Waals surface area contributed by atoms with E-state index in [9.17, 15) is 4.79 Å². The molecule has 1 aliphatic heterocycles. The molecule has 0 bridgehead atoms. The summed E-state index contributed by atoms with van der Waals surface area (Å²) in [7, 11) is 0. The van der Waals surface area contributed by atoms with Crippen molar-refractivity contribution >= 4 is 5.91 Å². The van der Waals surface area contributed by atoms with E-state index < -0.39 is 0 Å². The smallest absolute Gasteiger partial charge is 0.225 e. The molecule has 1 aliphatic rings. The third kappa shape index (κ3) is 2.44. The number of hydrogen-bond donors (Lipinski definition) is 1. The van der Waals surface area contributed by atoms with Crippen LogP contribution in [0.2, 0.25) is 0 Å². The lowest BCUT2D eigenvalue weighted by molar-refractivity contribution is -0.135. The molecule has 13 heavy (non-hydrogen) atoms. The van der Waals surface area contributed by atoms with E-state index in [0.717, 1.165) is 25.8 Å². The normalized spacial score (nSPS) is 22.8. The zero-order chi connectivity index (χ0) is 9.84. The van der Waals surface area contributed by atoms with Crippen molar-refractivity contribution in [2.24, 2.45) is 11.7 Å². The van der Waals surface area contributed by atoms with Crippen molar-refractivity contribution in [2.75, 3.05) is 13.1 Å². The van der Waals surface area contributed by atoms with Crippen molar-refractivity contribution in [3.05, 3.63) is 0 Å². The minimum Gasteiger partial charge on any atom is -0.339 e. The molecule has 1 atom stereocenters. The summed E-state index contributed by atoms with van der Waals surface area (Å²) in [6, 6.07) is 0.417. The molecule has 0 aliphatic carbocycles. The van der Waals surface area contributed by atoms with Crippen LogP contribution in [0.25, 0.3) is 0 Å². The first-order valence-corrected chi connectivity index (χ1v) is 5.17. The van der Waals surface area contributed by atoms with Gasteiger partial charge in [0, 0.05) is 18.5 Å². The molecule has 1 heterocycles. The lowest BCUT2D eigenvalue weighted by Crippen LogP contribution is -2.39. The fraction of sp³-hybridized carbons (Fsp3) is 0.900. The van der Waals surface area contributed by atoms with Gasteiger partial charge in [-0.3, -0.25) is 4.79 Å². The maximum atomic E-state index is 11.7. The van der Waals surface area contributed by atoms with Crippen molar-refractivity contribution in [1.82, 2.24) is 4.90 Å². The highest BCUT2D eigenvalue weighted by Crippen LogP contribution is 2.21. The quantitative estimate of drug-likeness (QED) is 0.710. The number of carbonyl (C=O) groups excluding carboxylic acids is 1. The van der Waals surface area contributed by atoms with Crippen LogP contribution in [0.15, 0.2) is 0 Å². The summed E-state index contributed by atoms with van der Waals surface area (Å²) in [5, 5.41) is 0. The molecule has 1 saturated heterocycles. The van der Waals surface area contributed by atoms with Crippen LogP contribution in [0.5, 0.6) is 0 Å². The SMILES string of the molecule is CC(C)C(=O)N1CCCC1CCN. The van der Waals surface area contributed by atoms with E-state index in [2.05, 4.69) is 0 Å². The second-order valence-electron chi connectivity index (χ2n) is 4.06. The Morgan fingerprint density at radius 2 is 2.31 bits per heavy atom. The van der Waals surface area contributed by atoms with Gasteiger partial charge in [-0.15, -0.1) is 0 Å². The number of carbonyl (C=O) groups is 1. The Kier molecular flexibility index (Phi) is 3.72. The summed E-state index contributed by atoms with van der Waals surface area (Å²) in [6.45, 7) is 5.54. The molecule has 1 rings (SSSR count). The van der Waals surface area contributed by atoms with Gasteiger partial charge >= 0.3 is 0 Å². The average molecular weight is 184 g/mol. The molecule has 2 N–H and O–H groups in total. The number of likely N-dealkylation sites (tertiary alicyclic amines) is 1. The van der Waals surface area contributed by atoms with Crippen molar-refractivity contribution in [1.29, 1.82) is 0 Å². The third-order valence-electron chi connectivity index (χ3n) is 2.65. The van der Waals surface area contributed by atoms with E-state index in [1.165, 1.54) is 0 Å².